The second-order valence-corrected chi connectivity index (χ2v) is 8.66. The Morgan fingerprint density at radius 2 is 1.97 bits per heavy atom. The fourth-order valence-electron chi connectivity index (χ4n) is 4.72. The summed E-state index contributed by atoms with van der Waals surface area (Å²) in [5.41, 5.74) is 5.14. The molecule has 2 heterocycles. The van der Waals surface area contributed by atoms with Gasteiger partial charge in [0.2, 0.25) is 0 Å². The number of benzene rings is 2. The number of nitrogens with zero attached hydrogens (tertiary/aromatic N) is 1. The van der Waals surface area contributed by atoms with Gasteiger partial charge < -0.3 is 14.5 Å². The third-order valence-electron chi connectivity index (χ3n) is 6.33. The highest BCUT2D eigenvalue weighted by molar-refractivity contribution is 6.20. The highest BCUT2D eigenvalue weighted by atomic mass is 16.5. The van der Waals surface area contributed by atoms with Gasteiger partial charge in [-0.3, -0.25) is 9.79 Å². The number of hydrogen-bond donors (Lipinski definition) is 1. The maximum absolute atomic E-state index is 13.5. The van der Waals surface area contributed by atoms with Crippen LogP contribution in [-0.4, -0.2) is 43.3 Å². The number of H-pyrrole nitrogens is 1. The topological polar surface area (TPSA) is 63.7 Å². The second kappa shape index (κ2) is 7.10. The first-order chi connectivity index (χ1) is 14.5. The highest BCUT2D eigenvalue weighted by Gasteiger charge is 2.40. The third kappa shape index (κ3) is 2.96. The SMILES string of the molecule is CN=Cc1ccc2c3c([nH]c2c1)C(C)(C)c1cc(OC2CCOCC2)ccc1C3=O. The summed E-state index contributed by atoms with van der Waals surface area (Å²) in [5.74, 6) is 0.891. The van der Waals surface area contributed by atoms with Crippen LogP contribution in [0.4, 0.5) is 0 Å². The average Bonchev–Trinajstić information content (AvgIpc) is 3.13. The quantitative estimate of drug-likeness (QED) is 0.649. The van der Waals surface area contributed by atoms with E-state index < -0.39 is 0 Å². The van der Waals surface area contributed by atoms with Crippen LogP contribution in [0.25, 0.3) is 10.9 Å². The van der Waals surface area contributed by atoms with E-state index in [1.165, 1.54) is 0 Å². The van der Waals surface area contributed by atoms with E-state index in [1.807, 2.05) is 42.6 Å². The Kier molecular flexibility index (Phi) is 4.51. The molecule has 30 heavy (non-hydrogen) atoms. The summed E-state index contributed by atoms with van der Waals surface area (Å²) in [6.45, 7) is 5.81. The highest BCUT2D eigenvalue weighted by Crippen LogP contribution is 2.44. The van der Waals surface area contributed by atoms with Gasteiger partial charge in [-0.05, 0) is 35.4 Å². The minimum atomic E-state index is -0.342. The molecule has 1 aromatic heterocycles. The van der Waals surface area contributed by atoms with Gasteiger partial charge in [-0.15, -0.1) is 0 Å². The molecule has 2 aromatic carbocycles. The van der Waals surface area contributed by atoms with Gasteiger partial charge in [-0.2, -0.15) is 0 Å². The first-order valence-electron chi connectivity index (χ1n) is 10.5. The Hall–Kier alpha value is -2.92. The number of hydrogen-bond acceptors (Lipinski definition) is 4. The molecule has 1 fully saturated rings. The zero-order chi connectivity index (χ0) is 20.9. The number of rotatable bonds is 3. The number of aromatic amines is 1. The van der Waals surface area contributed by atoms with Gasteiger partial charge in [0.1, 0.15) is 11.9 Å². The molecule has 5 heteroatoms. The monoisotopic (exact) mass is 402 g/mol. The number of aromatic nitrogens is 1. The fraction of sp³-hybridized carbons (Fsp3) is 0.360. The minimum Gasteiger partial charge on any atom is -0.490 e. The molecule has 0 saturated carbocycles. The summed E-state index contributed by atoms with van der Waals surface area (Å²) < 4.78 is 11.7. The Bertz CT molecular complexity index is 1170. The van der Waals surface area contributed by atoms with Gasteiger partial charge in [0.05, 0.1) is 18.8 Å². The standard InChI is InChI=1S/C25H26N2O3/c1-25(2)20-13-17(30-16-8-10-29-11-9-16)5-7-18(20)23(28)22-19-6-4-15(14-26-3)12-21(19)27-24(22)25/h4-7,12-14,16,27H,8-11H2,1-3H3. The van der Waals surface area contributed by atoms with E-state index in [1.54, 1.807) is 7.05 Å². The van der Waals surface area contributed by atoms with Crippen LogP contribution in [0.3, 0.4) is 0 Å². The Morgan fingerprint density at radius 1 is 1.17 bits per heavy atom. The summed E-state index contributed by atoms with van der Waals surface area (Å²) >= 11 is 0. The van der Waals surface area contributed by atoms with Crippen molar-refractivity contribution in [1.82, 2.24) is 4.98 Å². The maximum atomic E-state index is 13.5. The van der Waals surface area contributed by atoms with E-state index in [0.29, 0.717) is 0 Å². The molecule has 1 N–H and O–H groups in total. The van der Waals surface area contributed by atoms with Gasteiger partial charge in [0.25, 0.3) is 0 Å². The molecule has 0 atom stereocenters. The van der Waals surface area contributed by atoms with Gasteiger partial charge in [-0.25, -0.2) is 0 Å². The van der Waals surface area contributed by atoms with Gasteiger partial charge >= 0.3 is 0 Å². The van der Waals surface area contributed by atoms with E-state index in [0.717, 1.165) is 70.7 Å². The lowest BCUT2D eigenvalue weighted by Crippen LogP contribution is -2.31. The molecular weight excluding hydrogens is 376 g/mol. The van der Waals surface area contributed by atoms with Gasteiger partial charge in [0.15, 0.2) is 5.78 Å². The van der Waals surface area contributed by atoms with E-state index in [2.05, 4.69) is 23.8 Å². The van der Waals surface area contributed by atoms with Crippen LogP contribution in [-0.2, 0) is 10.2 Å². The summed E-state index contributed by atoms with van der Waals surface area (Å²) in [5, 5.41) is 0.963. The predicted octanol–water partition coefficient (Wildman–Crippen LogP) is 4.64. The van der Waals surface area contributed by atoms with Crippen molar-refractivity contribution in [2.75, 3.05) is 20.3 Å². The zero-order valence-electron chi connectivity index (χ0n) is 17.6. The third-order valence-corrected chi connectivity index (χ3v) is 6.33. The van der Waals surface area contributed by atoms with Gasteiger partial charge in [0, 0.05) is 53.7 Å². The molecule has 0 amide bonds. The van der Waals surface area contributed by atoms with Crippen molar-refractivity contribution in [1.29, 1.82) is 0 Å². The number of fused-ring (bicyclic) bond motifs is 4. The fourth-order valence-corrected chi connectivity index (χ4v) is 4.72. The first-order valence-corrected chi connectivity index (χ1v) is 10.5. The molecule has 5 nitrogen and oxygen atoms in total. The van der Waals surface area contributed by atoms with Crippen molar-refractivity contribution in [3.05, 3.63) is 64.3 Å². The lowest BCUT2D eigenvalue weighted by molar-refractivity contribution is 0.0255. The lowest BCUT2D eigenvalue weighted by Gasteiger charge is -2.33. The molecule has 1 aliphatic heterocycles. The molecule has 0 unspecified atom stereocenters. The maximum Gasteiger partial charge on any atom is 0.195 e. The van der Waals surface area contributed by atoms with Crippen LogP contribution in [0.15, 0.2) is 41.4 Å². The van der Waals surface area contributed by atoms with Crippen molar-refractivity contribution in [2.24, 2.45) is 4.99 Å². The summed E-state index contributed by atoms with van der Waals surface area (Å²) in [6, 6.07) is 12.0. The number of carbonyl (C=O) groups excluding carboxylic acids is 1. The zero-order valence-corrected chi connectivity index (χ0v) is 17.6. The normalized spacial score (nSPS) is 18.6. The summed E-state index contributed by atoms with van der Waals surface area (Å²) in [4.78, 5) is 21.1. The van der Waals surface area contributed by atoms with Crippen LogP contribution in [0.2, 0.25) is 0 Å². The number of carbonyl (C=O) groups is 1. The average molecular weight is 402 g/mol. The van der Waals surface area contributed by atoms with E-state index in [9.17, 15) is 4.79 Å². The number of aliphatic imine (C=N–C) groups is 1. The molecular formula is C25H26N2O3. The number of ketones is 1. The van der Waals surface area contributed by atoms with Crippen molar-refractivity contribution in [3.63, 3.8) is 0 Å². The molecule has 1 aliphatic carbocycles. The van der Waals surface area contributed by atoms with Crippen LogP contribution < -0.4 is 4.74 Å². The molecule has 5 rings (SSSR count). The molecule has 0 spiro atoms. The second-order valence-electron chi connectivity index (χ2n) is 8.66. The van der Waals surface area contributed by atoms with Crippen molar-refractivity contribution < 1.29 is 14.3 Å². The van der Waals surface area contributed by atoms with Crippen LogP contribution in [0.1, 0.15) is 59.4 Å². The lowest BCUT2D eigenvalue weighted by atomic mass is 9.71. The smallest absolute Gasteiger partial charge is 0.195 e. The van der Waals surface area contributed by atoms with Crippen LogP contribution in [0.5, 0.6) is 5.75 Å². The number of ether oxygens (including phenoxy) is 2. The Labute approximate surface area is 176 Å². The molecule has 1 saturated heterocycles. The van der Waals surface area contributed by atoms with E-state index in [4.69, 9.17) is 9.47 Å². The van der Waals surface area contributed by atoms with Crippen LogP contribution >= 0.6 is 0 Å². The number of nitrogens with one attached hydrogen (secondary N) is 1. The van der Waals surface area contributed by atoms with Crippen molar-refractivity contribution in [3.8, 4) is 5.75 Å². The molecule has 0 bridgehead atoms. The summed E-state index contributed by atoms with van der Waals surface area (Å²) in [7, 11) is 1.76. The summed E-state index contributed by atoms with van der Waals surface area (Å²) in [6.07, 6.45) is 3.78. The molecule has 0 radical (unpaired) electrons. The molecule has 3 aromatic rings. The molecule has 2 aliphatic rings. The van der Waals surface area contributed by atoms with E-state index in [-0.39, 0.29) is 17.3 Å². The Morgan fingerprint density at radius 3 is 2.73 bits per heavy atom. The minimum absolute atomic E-state index is 0.0695. The van der Waals surface area contributed by atoms with Gasteiger partial charge in [-0.1, -0.05) is 26.0 Å². The van der Waals surface area contributed by atoms with Crippen LogP contribution in [0, 0.1) is 0 Å². The van der Waals surface area contributed by atoms with Crippen molar-refractivity contribution >= 4 is 22.9 Å². The van der Waals surface area contributed by atoms with E-state index >= 15 is 0 Å². The Balaban J connectivity index is 1.59. The predicted molar refractivity (Wildman–Crippen MR) is 118 cm³/mol. The largest absolute Gasteiger partial charge is 0.490 e. The first kappa shape index (κ1) is 19.1. The van der Waals surface area contributed by atoms with Crippen molar-refractivity contribution in [2.45, 2.75) is 38.2 Å². The molecule has 154 valence electrons.